The molecule has 0 aromatic rings. The highest BCUT2D eigenvalue weighted by atomic mass is 16.5. The maximum atomic E-state index is 5.45. The minimum absolute atomic E-state index is 0.390. The molecule has 0 aliphatic heterocycles. The maximum Gasteiger partial charge on any atom is 0.0724 e. The molecule has 2 heteroatoms. The summed E-state index contributed by atoms with van der Waals surface area (Å²) in [7, 11) is 1.81. The molecule has 0 bridgehead atoms. The van der Waals surface area contributed by atoms with Gasteiger partial charge >= 0.3 is 0 Å². The molecule has 3 atom stereocenters. The molecule has 0 aromatic carbocycles. The predicted octanol–water partition coefficient (Wildman–Crippen LogP) is 2.11. The van der Waals surface area contributed by atoms with Crippen molar-refractivity contribution in [3.63, 3.8) is 0 Å². The van der Waals surface area contributed by atoms with E-state index in [0.29, 0.717) is 18.2 Å². The molecule has 76 valence electrons. The molecule has 1 N–H and O–H groups in total. The van der Waals surface area contributed by atoms with Gasteiger partial charge in [-0.25, -0.2) is 0 Å². The molecule has 3 unspecified atom stereocenters. The van der Waals surface area contributed by atoms with Crippen LogP contribution < -0.4 is 5.32 Å². The minimum atomic E-state index is 0.390. The molecule has 2 nitrogen and oxygen atoms in total. The monoisotopic (exact) mass is 183 g/mol. The molecule has 0 amide bonds. The molecule has 0 aromatic heterocycles. The van der Waals surface area contributed by atoms with Gasteiger partial charge in [-0.3, -0.25) is 0 Å². The standard InChI is InChI=1S/C11H21NO/c1-4-9(2)12-10-7-5-6-8-11(10)13-3/h4,9-12H,1,5-8H2,2-3H3. The topological polar surface area (TPSA) is 21.3 Å². The van der Waals surface area contributed by atoms with Crippen LogP contribution in [0.2, 0.25) is 0 Å². The second-order valence-corrected chi connectivity index (χ2v) is 3.86. The summed E-state index contributed by atoms with van der Waals surface area (Å²) >= 11 is 0. The van der Waals surface area contributed by atoms with E-state index in [1.165, 1.54) is 25.7 Å². The normalized spacial score (nSPS) is 31.2. The third-order valence-electron chi connectivity index (χ3n) is 2.84. The summed E-state index contributed by atoms with van der Waals surface area (Å²) in [5.74, 6) is 0. The summed E-state index contributed by atoms with van der Waals surface area (Å²) in [6, 6.07) is 0.910. The van der Waals surface area contributed by atoms with Crippen LogP contribution in [0.3, 0.4) is 0 Å². The lowest BCUT2D eigenvalue weighted by atomic mass is 9.92. The Morgan fingerprint density at radius 3 is 2.77 bits per heavy atom. The molecule has 0 saturated heterocycles. The molecule has 0 spiro atoms. The molecule has 13 heavy (non-hydrogen) atoms. The quantitative estimate of drug-likeness (QED) is 0.674. The van der Waals surface area contributed by atoms with Gasteiger partial charge in [0.2, 0.25) is 0 Å². The third-order valence-corrected chi connectivity index (χ3v) is 2.84. The van der Waals surface area contributed by atoms with E-state index < -0.39 is 0 Å². The van der Waals surface area contributed by atoms with Gasteiger partial charge in [-0.05, 0) is 19.8 Å². The number of nitrogens with one attached hydrogen (secondary N) is 1. The first-order valence-corrected chi connectivity index (χ1v) is 5.19. The molecule has 0 heterocycles. The average molecular weight is 183 g/mol. The van der Waals surface area contributed by atoms with E-state index in [9.17, 15) is 0 Å². The number of hydrogen-bond acceptors (Lipinski definition) is 2. The number of ether oxygens (including phenoxy) is 1. The Labute approximate surface area is 81.4 Å². The first-order valence-electron chi connectivity index (χ1n) is 5.19. The van der Waals surface area contributed by atoms with Gasteiger partial charge in [0, 0.05) is 19.2 Å². The van der Waals surface area contributed by atoms with E-state index in [-0.39, 0.29) is 0 Å². The number of hydrogen-bond donors (Lipinski definition) is 1. The largest absolute Gasteiger partial charge is 0.380 e. The summed E-state index contributed by atoms with van der Waals surface area (Å²) in [6.45, 7) is 5.91. The van der Waals surface area contributed by atoms with Crippen LogP contribution in [0.1, 0.15) is 32.6 Å². The lowest BCUT2D eigenvalue weighted by molar-refractivity contribution is 0.0402. The van der Waals surface area contributed by atoms with Gasteiger partial charge in [-0.2, -0.15) is 0 Å². The first-order chi connectivity index (χ1) is 6.27. The Bertz CT molecular complexity index is 158. The van der Waals surface area contributed by atoms with Gasteiger partial charge in [0.05, 0.1) is 6.10 Å². The molecule has 1 saturated carbocycles. The van der Waals surface area contributed by atoms with E-state index in [4.69, 9.17) is 4.74 Å². The highest BCUT2D eigenvalue weighted by Crippen LogP contribution is 2.21. The minimum Gasteiger partial charge on any atom is -0.380 e. The molecule has 1 rings (SSSR count). The lowest BCUT2D eigenvalue weighted by Gasteiger charge is -2.32. The molecule has 1 aliphatic carbocycles. The number of rotatable bonds is 4. The fourth-order valence-electron chi connectivity index (χ4n) is 1.98. The van der Waals surface area contributed by atoms with E-state index in [1.807, 2.05) is 13.2 Å². The maximum absolute atomic E-state index is 5.45. The summed E-state index contributed by atoms with van der Waals surface area (Å²) in [4.78, 5) is 0. The van der Waals surface area contributed by atoms with Crippen molar-refractivity contribution in [3.8, 4) is 0 Å². The molecular formula is C11H21NO. The van der Waals surface area contributed by atoms with Gasteiger partial charge < -0.3 is 10.1 Å². The van der Waals surface area contributed by atoms with Crippen molar-refractivity contribution in [2.75, 3.05) is 7.11 Å². The molecular weight excluding hydrogens is 162 g/mol. The Kier molecular flexibility index (Phi) is 4.46. The highest BCUT2D eigenvalue weighted by molar-refractivity contribution is 4.89. The Balaban J connectivity index is 2.39. The van der Waals surface area contributed by atoms with Crippen molar-refractivity contribution >= 4 is 0 Å². The summed E-state index contributed by atoms with van der Waals surface area (Å²) in [5.41, 5.74) is 0. The van der Waals surface area contributed by atoms with Crippen LogP contribution in [0.5, 0.6) is 0 Å². The van der Waals surface area contributed by atoms with Gasteiger partial charge in [0.1, 0.15) is 0 Å². The van der Waals surface area contributed by atoms with Crippen LogP contribution >= 0.6 is 0 Å². The van der Waals surface area contributed by atoms with E-state index in [2.05, 4.69) is 18.8 Å². The second-order valence-electron chi connectivity index (χ2n) is 3.86. The lowest BCUT2D eigenvalue weighted by Crippen LogP contribution is -2.46. The van der Waals surface area contributed by atoms with Gasteiger partial charge in [0.25, 0.3) is 0 Å². The fourth-order valence-corrected chi connectivity index (χ4v) is 1.98. The second kappa shape index (κ2) is 5.40. The van der Waals surface area contributed by atoms with E-state index in [1.54, 1.807) is 0 Å². The number of methoxy groups -OCH3 is 1. The van der Waals surface area contributed by atoms with Crippen molar-refractivity contribution < 1.29 is 4.74 Å². The fraction of sp³-hybridized carbons (Fsp3) is 0.818. The zero-order valence-corrected chi connectivity index (χ0v) is 8.75. The van der Waals surface area contributed by atoms with E-state index in [0.717, 1.165) is 0 Å². The third kappa shape index (κ3) is 3.12. The van der Waals surface area contributed by atoms with E-state index >= 15 is 0 Å². The van der Waals surface area contributed by atoms with Crippen LogP contribution in [-0.2, 0) is 4.74 Å². The Morgan fingerprint density at radius 2 is 2.15 bits per heavy atom. The highest BCUT2D eigenvalue weighted by Gasteiger charge is 2.24. The van der Waals surface area contributed by atoms with Gasteiger partial charge in [-0.15, -0.1) is 6.58 Å². The molecule has 1 fully saturated rings. The van der Waals surface area contributed by atoms with Gasteiger partial charge in [-0.1, -0.05) is 18.9 Å². The molecule has 1 aliphatic rings. The summed E-state index contributed by atoms with van der Waals surface area (Å²) < 4.78 is 5.45. The first kappa shape index (κ1) is 10.7. The van der Waals surface area contributed by atoms with Crippen LogP contribution in [0.25, 0.3) is 0 Å². The van der Waals surface area contributed by atoms with Crippen LogP contribution in [0.15, 0.2) is 12.7 Å². The average Bonchev–Trinajstić information content (AvgIpc) is 2.18. The zero-order chi connectivity index (χ0) is 9.68. The summed E-state index contributed by atoms with van der Waals surface area (Å²) in [5, 5.41) is 3.53. The Hall–Kier alpha value is -0.340. The van der Waals surface area contributed by atoms with Crippen LogP contribution in [0, 0.1) is 0 Å². The van der Waals surface area contributed by atoms with Crippen molar-refractivity contribution in [2.24, 2.45) is 0 Å². The van der Waals surface area contributed by atoms with Crippen molar-refractivity contribution in [1.82, 2.24) is 5.32 Å². The van der Waals surface area contributed by atoms with Crippen molar-refractivity contribution in [3.05, 3.63) is 12.7 Å². The Morgan fingerprint density at radius 1 is 1.46 bits per heavy atom. The SMILES string of the molecule is C=CC(C)NC1CCCCC1OC. The molecule has 0 radical (unpaired) electrons. The van der Waals surface area contributed by atoms with Crippen LogP contribution in [-0.4, -0.2) is 25.3 Å². The summed E-state index contributed by atoms with van der Waals surface area (Å²) in [6.07, 6.45) is 7.40. The van der Waals surface area contributed by atoms with Crippen molar-refractivity contribution in [2.45, 2.75) is 50.8 Å². The van der Waals surface area contributed by atoms with Crippen LogP contribution in [0.4, 0.5) is 0 Å². The smallest absolute Gasteiger partial charge is 0.0724 e. The predicted molar refractivity (Wildman–Crippen MR) is 55.8 cm³/mol. The zero-order valence-electron chi connectivity index (χ0n) is 8.75. The van der Waals surface area contributed by atoms with Crippen molar-refractivity contribution in [1.29, 1.82) is 0 Å². The van der Waals surface area contributed by atoms with Gasteiger partial charge in [0.15, 0.2) is 0 Å².